The number of alkyl halides is 3. The lowest BCUT2D eigenvalue weighted by molar-refractivity contribution is -0.192. The van der Waals surface area contributed by atoms with E-state index in [1.54, 1.807) is 30.3 Å². The Morgan fingerprint density at radius 1 is 1.29 bits per heavy atom. The van der Waals surface area contributed by atoms with E-state index in [1.165, 1.54) is 0 Å². The van der Waals surface area contributed by atoms with Crippen molar-refractivity contribution in [3.05, 3.63) is 36.2 Å². The maximum atomic E-state index is 14.0. The molecule has 0 aliphatic carbocycles. The standard InChI is InChI=1S/C18H18F3N3O3S/c1-2-3-7-12-28(25,26)24-11-10-17(13-24,18(19,20)21)16-22-15(23-27-16)14-8-5-4-6-9-14/h1,4-6,8-9H,3,7,10-13H2. The number of unbranched alkanes of at least 4 members (excludes halogenated alkanes) is 1. The van der Waals surface area contributed by atoms with Gasteiger partial charge in [0.15, 0.2) is 5.41 Å². The van der Waals surface area contributed by atoms with Crippen molar-refractivity contribution < 1.29 is 26.1 Å². The number of benzene rings is 1. The van der Waals surface area contributed by atoms with Crippen LogP contribution in [0.2, 0.25) is 0 Å². The van der Waals surface area contributed by atoms with E-state index >= 15 is 0 Å². The van der Waals surface area contributed by atoms with Gasteiger partial charge in [-0.05, 0) is 12.8 Å². The van der Waals surface area contributed by atoms with Gasteiger partial charge in [-0.25, -0.2) is 12.7 Å². The molecule has 0 N–H and O–H groups in total. The van der Waals surface area contributed by atoms with Crippen molar-refractivity contribution in [3.63, 3.8) is 0 Å². The van der Waals surface area contributed by atoms with E-state index in [0.717, 1.165) is 4.31 Å². The molecule has 1 unspecified atom stereocenters. The topological polar surface area (TPSA) is 76.3 Å². The quantitative estimate of drug-likeness (QED) is 0.538. The molecule has 0 radical (unpaired) electrons. The van der Waals surface area contributed by atoms with E-state index in [0.29, 0.717) is 5.56 Å². The minimum Gasteiger partial charge on any atom is -0.338 e. The molecular formula is C18H18F3N3O3S. The summed E-state index contributed by atoms with van der Waals surface area (Å²) in [5.41, 5.74) is -2.03. The average Bonchev–Trinajstić information content (AvgIpc) is 3.30. The maximum absolute atomic E-state index is 14.0. The second-order valence-corrected chi connectivity index (χ2v) is 8.66. The first-order valence-electron chi connectivity index (χ1n) is 8.57. The number of rotatable bonds is 6. The summed E-state index contributed by atoms with van der Waals surface area (Å²) >= 11 is 0. The summed E-state index contributed by atoms with van der Waals surface area (Å²) < 4.78 is 72.6. The zero-order valence-electron chi connectivity index (χ0n) is 14.8. The molecule has 0 amide bonds. The minimum atomic E-state index is -4.75. The van der Waals surface area contributed by atoms with E-state index in [-0.39, 0.29) is 31.0 Å². The summed E-state index contributed by atoms with van der Waals surface area (Å²) in [7, 11) is -3.87. The second-order valence-electron chi connectivity index (χ2n) is 6.58. The molecule has 0 bridgehead atoms. The van der Waals surface area contributed by atoms with Crippen LogP contribution in [-0.2, 0) is 15.4 Å². The normalized spacial score (nSPS) is 20.9. The Morgan fingerprint density at radius 2 is 2.00 bits per heavy atom. The molecule has 3 rings (SSSR count). The molecule has 1 atom stereocenters. The highest BCUT2D eigenvalue weighted by Crippen LogP contribution is 2.48. The zero-order valence-corrected chi connectivity index (χ0v) is 15.6. The highest BCUT2D eigenvalue weighted by atomic mass is 32.2. The molecular weight excluding hydrogens is 395 g/mol. The molecule has 10 heteroatoms. The van der Waals surface area contributed by atoms with Crippen LogP contribution in [0, 0.1) is 12.3 Å². The Bertz CT molecular complexity index is 967. The van der Waals surface area contributed by atoms with Crippen LogP contribution in [0.5, 0.6) is 0 Å². The highest BCUT2D eigenvalue weighted by molar-refractivity contribution is 7.89. The third-order valence-electron chi connectivity index (χ3n) is 4.76. The van der Waals surface area contributed by atoms with Gasteiger partial charge in [-0.15, -0.1) is 12.3 Å². The molecule has 0 saturated carbocycles. The molecule has 2 aromatic rings. The molecule has 1 aromatic carbocycles. The van der Waals surface area contributed by atoms with Crippen molar-refractivity contribution in [2.45, 2.75) is 30.9 Å². The highest BCUT2D eigenvalue weighted by Gasteiger charge is 2.64. The summed E-state index contributed by atoms with van der Waals surface area (Å²) in [4.78, 5) is 3.95. The number of hydrogen-bond donors (Lipinski definition) is 0. The van der Waals surface area contributed by atoms with Crippen LogP contribution in [0.15, 0.2) is 34.9 Å². The Balaban J connectivity index is 1.90. The Morgan fingerprint density at radius 3 is 2.64 bits per heavy atom. The van der Waals surface area contributed by atoms with E-state index in [1.807, 2.05) is 0 Å². The first-order valence-corrected chi connectivity index (χ1v) is 10.2. The molecule has 1 aliphatic rings. The monoisotopic (exact) mass is 413 g/mol. The summed E-state index contributed by atoms with van der Waals surface area (Å²) in [6.45, 7) is -1.06. The van der Waals surface area contributed by atoms with Crippen LogP contribution >= 0.6 is 0 Å². The third-order valence-corrected chi connectivity index (χ3v) is 6.66. The summed E-state index contributed by atoms with van der Waals surface area (Å²) in [5.74, 6) is 1.42. The van der Waals surface area contributed by atoms with Crippen LogP contribution in [0.25, 0.3) is 11.4 Å². The van der Waals surface area contributed by atoms with Gasteiger partial charge in [0.05, 0.1) is 5.75 Å². The fourth-order valence-electron chi connectivity index (χ4n) is 3.15. The number of aromatic nitrogens is 2. The van der Waals surface area contributed by atoms with E-state index < -0.39 is 40.5 Å². The van der Waals surface area contributed by atoms with Gasteiger partial charge >= 0.3 is 6.18 Å². The number of halogens is 3. The minimum absolute atomic E-state index is 0.0227. The van der Waals surface area contributed by atoms with Crippen LogP contribution in [0.1, 0.15) is 25.2 Å². The van der Waals surface area contributed by atoms with Crippen molar-refractivity contribution in [2.75, 3.05) is 18.8 Å². The predicted molar refractivity (Wildman–Crippen MR) is 95.5 cm³/mol. The first kappa shape index (κ1) is 20.4. The number of terminal acetylenes is 1. The molecule has 1 saturated heterocycles. The van der Waals surface area contributed by atoms with E-state index in [2.05, 4.69) is 16.1 Å². The van der Waals surface area contributed by atoms with Gasteiger partial charge in [-0.3, -0.25) is 0 Å². The lowest BCUT2D eigenvalue weighted by Gasteiger charge is -2.27. The van der Waals surface area contributed by atoms with Gasteiger partial charge in [-0.1, -0.05) is 35.5 Å². The van der Waals surface area contributed by atoms with E-state index in [9.17, 15) is 21.6 Å². The van der Waals surface area contributed by atoms with Gasteiger partial charge in [0.1, 0.15) is 0 Å². The summed E-state index contributed by atoms with van der Waals surface area (Å²) in [6.07, 6.45) is 0.290. The van der Waals surface area contributed by atoms with E-state index in [4.69, 9.17) is 10.9 Å². The molecule has 1 aromatic heterocycles. The average molecular weight is 413 g/mol. The fraction of sp³-hybridized carbons (Fsp3) is 0.444. The molecule has 28 heavy (non-hydrogen) atoms. The van der Waals surface area contributed by atoms with Crippen LogP contribution < -0.4 is 0 Å². The molecule has 6 nitrogen and oxygen atoms in total. The van der Waals surface area contributed by atoms with Crippen LogP contribution in [0.4, 0.5) is 13.2 Å². The van der Waals surface area contributed by atoms with Gasteiger partial charge in [0.25, 0.3) is 0 Å². The van der Waals surface area contributed by atoms with Crippen LogP contribution in [-0.4, -0.2) is 47.9 Å². The lowest BCUT2D eigenvalue weighted by atomic mass is 9.86. The molecule has 0 spiro atoms. The van der Waals surface area contributed by atoms with Crippen molar-refractivity contribution in [2.24, 2.45) is 0 Å². The Labute approximate surface area is 160 Å². The van der Waals surface area contributed by atoms with Crippen molar-refractivity contribution >= 4 is 10.0 Å². The first-order chi connectivity index (χ1) is 13.2. The Hall–Kier alpha value is -2.38. The molecule has 150 valence electrons. The second kappa shape index (κ2) is 7.56. The Kier molecular flexibility index (Phi) is 5.50. The molecule has 2 heterocycles. The predicted octanol–water partition coefficient (Wildman–Crippen LogP) is 2.99. The number of nitrogens with zero attached hydrogens (tertiary/aromatic N) is 3. The number of sulfonamides is 1. The van der Waals surface area contributed by atoms with Gasteiger partial charge in [0, 0.05) is 25.1 Å². The van der Waals surface area contributed by atoms with Crippen LogP contribution in [0.3, 0.4) is 0 Å². The maximum Gasteiger partial charge on any atom is 0.404 e. The van der Waals surface area contributed by atoms with Crippen molar-refractivity contribution in [1.82, 2.24) is 14.4 Å². The number of hydrogen-bond acceptors (Lipinski definition) is 5. The summed E-state index contributed by atoms with van der Waals surface area (Å²) in [6, 6.07) is 8.44. The zero-order chi connectivity index (χ0) is 20.4. The van der Waals surface area contributed by atoms with Gasteiger partial charge in [0.2, 0.25) is 21.7 Å². The molecule has 1 aliphatic heterocycles. The summed E-state index contributed by atoms with van der Waals surface area (Å²) in [5, 5.41) is 3.66. The van der Waals surface area contributed by atoms with Gasteiger partial charge in [-0.2, -0.15) is 18.2 Å². The fourth-order valence-corrected chi connectivity index (χ4v) is 4.70. The van der Waals surface area contributed by atoms with Gasteiger partial charge < -0.3 is 4.52 Å². The third kappa shape index (κ3) is 3.77. The largest absolute Gasteiger partial charge is 0.404 e. The lowest BCUT2D eigenvalue weighted by Crippen LogP contribution is -2.46. The van der Waals surface area contributed by atoms with Crippen molar-refractivity contribution in [1.29, 1.82) is 0 Å². The van der Waals surface area contributed by atoms with Crippen molar-refractivity contribution in [3.8, 4) is 23.7 Å². The molecule has 1 fully saturated rings. The smallest absolute Gasteiger partial charge is 0.338 e. The SMILES string of the molecule is C#CCCCS(=O)(=O)N1CCC(c2nc(-c3ccccc3)no2)(C(F)(F)F)C1.